The van der Waals surface area contributed by atoms with Gasteiger partial charge in [0.05, 0.1) is 25.1 Å². The van der Waals surface area contributed by atoms with Crippen molar-refractivity contribution in [1.82, 2.24) is 9.97 Å². The number of rotatable bonds is 2. The summed E-state index contributed by atoms with van der Waals surface area (Å²) in [5, 5.41) is 1.13. The highest BCUT2D eigenvalue weighted by Crippen LogP contribution is 2.38. The third kappa shape index (κ3) is 2.78. The van der Waals surface area contributed by atoms with E-state index in [0.717, 1.165) is 48.0 Å². The summed E-state index contributed by atoms with van der Waals surface area (Å²) in [6.45, 7) is 5.82. The van der Waals surface area contributed by atoms with Gasteiger partial charge in [-0.2, -0.15) is 0 Å². The molecule has 1 spiro atoms. The number of hydrogen-bond donors (Lipinski definition) is 0. The molecule has 1 unspecified atom stereocenters. The molecule has 0 saturated carbocycles. The average Bonchev–Trinajstić information content (AvgIpc) is 3.29. The van der Waals surface area contributed by atoms with Gasteiger partial charge in [0.1, 0.15) is 22.1 Å². The lowest BCUT2D eigenvalue weighted by molar-refractivity contribution is -0.0580. The van der Waals surface area contributed by atoms with Crippen LogP contribution < -0.4 is 4.90 Å². The second-order valence-corrected chi connectivity index (χ2v) is 8.08. The number of nitrogens with zero attached hydrogens (tertiary/aromatic N) is 3. The molecule has 4 heterocycles. The van der Waals surface area contributed by atoms with Crippen LogP contribution in [0.25, 0.3) is 20.7 Å². The van der Waals surface area contributed by atoms with Crippen molar-refractivity contribution in [1.29, 1.82) is 0 Å². The summed E-state index contributed by atoms with van der Waals surface area (Å²) in [6, 6.07) is 12.7. The summed E-state index contributed by atoms with van der Waals surface area (Å²) in [7, 11) is 0. The molecule has 0 bridgehead atoms. The molecule has 5 nitrogen and oxygen atoms in total. The molecule has 2 aliphatic heterocycles. The lowest BCUT2D eigenvalue weighted by Gasteiger charge is -2.40. The molecule has 0 N–H and O–H groups in total. The summed E-state index contributed by atoms with van der Waals surface area (Å²) in [5.41, 5.74) is 1.04. The molecule has 0 aliphatic carbocycles. The second kappa shape index (κ2) is 6.30. The third-order valence-corrected chi connectivity index (χ3v) is 6.24. The fourth-order valence-electron chi connectivity index (χ4n) is 3.85. The first-order chi connectivity index (χ1) is 12.7. The van der Waals surface area contributed by atoms with Crippen molar-refractivity contribution >= 4 is 27.4 Å². The Kier molecular flexibility index (Phi) is 3.92. The number of anilines is 1. The fourth-order valence-corrected chi connectivity index (χ4v) is 4.93. The van der Waals surface area contributed by atoms with Gasteiger partial charge in [0.15, 0.2) is 0 Å². The first-order valence-corrected chi connectivity index (χ1v) is 9.84. The van der Waals surface area contributed by atoms with E-state index in [9.17, 15) is 0 Å². The number of morpholine rings is 1. The number of thiophene rings is 1. The van der Waals surface area contributed by atoms with Crippen LogP contribution in [-0.2, 0) is 9.47 Å². The Bertz CT molecular complexity index is 935. The van der Waals surface area contributed by atoms with Crippen molar-refractivity contribution in [3.63, 3.8) is 0 Å². The van der Waals surface area contributed by atoms with E-state index in [1.165, 1.54) is 10.4 Å². The van der Waals surface area contributed by atoms with Crippen molar-refractivity contribution in [3.05, 3.63) is 42.2 Å². The first-order valence-electron chi connectivity index (χ1n) is 9.03. The maximum atomic E-state index is 6.09. The average molecular weight is 367 g/mol. The molecule has 2 fully saturated rings. The van der Waals surface area contributed by atoms with E-state index in [4.69, 9.17) is 19.4 Å². The molecular weight excluding hydrogens is 346 g/mol. The predicted molar refractivity (Wildman–Crippen MR) is 104 cm³/mol. The van der Waals surface area contributed by atoms with Crippen LogP contribution in [0.3, 0.4) is 0 Å². The number of ether oxygens (including phenoxy) is 2. The molecule has 5 rings (SSSR count). The van der Waals surface area contributed by atoms with Gasteiger partial charge in [-0.15, -0.1) is 11.3 Å². The highest BCUT2D eigenvalue weighted by atomic mass is 32.1. The SMILES string of the molecule is Cc1nc(N2CCOC3(CCOC3)C2)c2cc(-c3ccccc3)sc2n1. The second-order valence-electron chi connectivity index (χ2n) is 7.05. The van der Waals surface area contributed by atoms with Crippen molar-refractivity contribution in [2.45, 2.75) is 18.9 Å². The van der Waals surface area contributed by atoms with Gasteiger partial charge in [0.2, 0.25) is 0 Å². The molecule has 6 heteroatoms. The molecule has 2 saturated heterocycles. The van der Waals surface area contributed by atoms with Gasteiger partial charge in [-0.1, -0.05) is 30.3 Å². The topological polar surface area (TPSA) is 47.5 Å². The number of benzene rings is 1. The van der Waals surface area contributed by atoms with E-state index in [-0.39, 0.29) is 5.60 Å². The van der Waals surface area contributed by atoms with E-state index in [0.29, 0.717) is 13.2 Å². The van der Waals surface area contributed by atoms with Crippen molar-refractivity contribution in [2.24, 2.45) is 0 Å². The van der Waals surface area contributed by atoms with E-state index in [1.807, 2.05) is 13.0 Å². The summed E-state index contributed by atoms with van der Waals surface area (Å²) in [5.74, 6) is 1.85. The van der Waals surface area contributed by atoms with Gasteiger partial charge >= 0.3 is 0 Å². The number of aryl methyl sites for hydroxylation is 1. The Morgan fingerprint density at radius 3 is 2.85 bits per heavy atom. The van der Waals surface area contributed by atoms with Crippen LogP contribution in [-0.4, -0.2) is 48.5 Å². The Hall–Kier alpha value is -2.02. The van der Waals surface area contributed by atoms with Crippen LogP contribution in [0.4, 0.5) is 5.82 Å². The largest absolute Gasteiger partial charge is 0.378 e. The standard InChI is InChI=1S/C20H21N3O2S/c1-14-21-18(23-8-10-25-20(12-23)7-9-24-13-20)16-11-17(26-19(16)22-14)15-5-3-2-4-6-15/h2-6,11H,7-10,12-13H2,1H3. The monoisotopic (exact) mass is 367 g/mol. The Balaban J connectivity index is 1.57. The van der Waals surface area contributed by atoms with Gasteiger partial charge in [-0.3, -0.25) is 0 Å². The minimum atomic E-state index is -0.179. The van der Waals surface area contributed by atoms with Crippen LogP contribution in [0.1, 0.15) is 12.2 Å². The molecule has 2 aromatic heterocycles. The lowest BCUT2D eigenvalue weighted by Crippen LogP contribution is -2.52. The Morgan fingerprint density at radius 1 is 1.15 bits per heavy atom. The molecule has 26 heavy (non-hydrogen) atoms. The number of hydrogen-bond acceptors (Lipinski definition) is 6. The van der Waals surface area contributed by atoms with E-state index in [1.54, 1.807) is 11.3 Å². The van der Waals surface area contributed by atoms with Crippen molar-refractivity contribution in [3.8, 4) is 10.4 Å². The molecule has 0 radical (unpaired) electrons. The smallest absolute Gasteiger partial charge is 0.141 e. The zero-order chi connectivity index (χ0) is 17.6. The third-order valence-electron chi connectivity index (χ3n) is 5.16. The van der Waals surface area contributed by atoms with E-state index < -0.39 is 0 Å². The zero-order valence-electron chi connectivity index (χ0n) is 14.8. The quantitative estimate of drug-likeness (QED) is 0.692. The van der Waals surface area contributed by atoms with Crippen LogP contribution in [0.15, 0.2) is 36.4 Å². The minimum Gasteiger partial charge on any atom is -0.378 e. The van der Waals surface area contributed by atoms with Crippen LogP contribution in [0, 0.1) is 6.92 Å². The Morgan fingerprint density at radius 2 is 2.04 bits per heavy atom. The molecule has 134 valence electrons. The Labute approximate surface area is 156 Å². The van der Waals surface area contributed by atoms with Crippen molar-refractivity contribution < 1.29 is 9.47 Å². The fraction of sp³-hybridized carbons (Fsp3) is 0.400. The van der Waals surface area contributed by atoms with E-state index in [2.05, 4.69) is 35.2 Å². The number of fused-ring (bicyclic) bond motifs is 1. The van der Waals surface area contributed by atoms with Gasteiger partial charge in [-0.25, -0.2) is 9.97 Å². The molecule has 3 aromatic rings. The van der Waals surface area contributed by atoms with Crippen LogP contribution in [0.2, 0.25) is 0 Å². The van der Waals surface area contributed by atoms with Crippen LogP contribution in [0.5, 0.6) is 0 Å². The molecule has 2 aliphatic rings. The molecular formula is C20H21N3O2S. The maximum absolute atomic E-state index is 6.09. The predicted octanol–water partition coefficient (Wildman–Crippen LogP) is 3.66. The molecule has 1 aromatic carbocycles. The van der Waals surface area contributed by atoms with Gasteiger partial charge in [0.25, 0.3) is 0 Å². The highest BCUT2D eigenvalue weighted by molar-refractivity contribution is 7.21. The van der Waals surface area contributed by atoms with Crippen molar-refractivity contribution in [2.75, 3.05) is 37.8 Å². The zero-order valence-corrected chi connectivity index (χ0v) is 15.6. The summed E-state index contributed by atoms with van der Waals surface area (Å²) in [4.78, 5) is 14.1. The lowest BCUT2D eigenvalue weighted by atomic mass is 10.0. The van der Waals surface area contributed by atoms with Gasteiger partial charge in [-0.05, 0) is 18.6 Å². The summed E-state index contributed by atoms with van der Waals surface area (Å²) in [6.07, 6.45) is 0.954. The van der Waals surface area contributed by atoms with E-state index >= 15 is 0 Å². The molecule has 0 amide bonds. The highest BCUT2D eigenvalue weighted by Gasteiger charge is 2.41. The van der Waals surface area contributed by atoms with Gasteiger partial charge in [0, 0.05) is 24.4 Å². The number of aromatic nitrogens is 2. The first kappa shape index (κ1) is 16.2. The minimum absolute atomic E-state index is 0.179. The maximum Gasteiger partial charge on any atom is 0.141 e. The van der Waals surface area contributed by atoms with Gasteiger partial charge < -0.3 is 14.4 Å². The van der Waals surface area contributed by atoms with Crippen LogP contribution >= 0.6 is 11.3 Å². The molecule has 1 atom stereocenters. The normalized spacial score (nSPS) is 23.2. The summed E-state index contributed by atoms with van der Waals surface area (Å²) < 4.78 is 11.7. The summed E-state index contributed by atoms with van der Waals surface area (Å²) >= 11 is 1.73.